The van der Waals surface area contributed by atoms with Gasteiger partial charge in [0.1, 0.15) is 5.54 Å². The molecule has 0 amide bonds. The Balaban J connectivity index is 1.82. The maximum atomic E-state index is 8.97. The Kier molecular flexibility index (Phi) is 2.50. The highest BCUT2D eigenvalue weighted by molar-refractivity contribution is 5.19. The van der Waals surface area contributed by atoms with E-state index in [9.17, 15) is 0 Å². The number of nitrogens with one attached hydrogen (secondary N) is 1. The first-order chi connectivity index (χ1) is 6.65. The molecule has 1 saturated heterocycles. The van der Waals surface area contributed by atoms with E-state index >= 15 is 0 Å². The van der Waals surface area contributed by atoms with Crippen molar-refractivity contribution in [2.75, 3.05) is 13.1 Å². The van der Waals surface area contributed by atoms with Crippen LogP contribution in [0.1, 0.15) is 33.1 Å². The molecule has 2 rings (SSSR count). The highest BCUT2D eigenvalue weighted by Crippen LogP contribution is 2.35. The fourth-order valence-corrected chi connectivity index (χ4v) is 2.18. The first-order valence-electron chi connectivity index (χ1n) is 5.58. The topological polar surface area (TPSA) is 39.1 Å². The summed E-state index contributed by atoms with van der Waals surface area (Å²) in [4.78, 5) is 2.48. The number of likely N-dealkylation sites (tertiary alicyclic amines) is 1. The van der Waals surface area contributed by atoms with Crippen molar-refractivity contribution in [2.24, 2.45) is 0 Å². The van der Waals surface area contributed by atoms with Crippen molar-refractivity contribution in [2.45, 2.75) is 50.7 Å². The summed E-state index contributed by atoms with van der Waals surface area (Å²) in [5.41, 5.74) is -0.141. The molecule has 1 N–H and O–H groups in total. The molecule has 1 saturated carbocycles. The normalized spacial score (nSPS) is 30.6. The van der Waals surface area contributed by atoms with Crippen molar-refractivity contribution in [3.8, 4) is 6.07 Å². The van der Waals surface area contributed by atoms with E-state index in [4.69, 9.17) is 5.26 Å². The molecule has 1 aliphatic carbocycles. The van der Waals surface area contributed by atoms with Gasteiger partial charge in [-0.05, 0) is 39.7 Å². The van der Waals surface area contributed by atoms with Crippen molar-refractivity contribution < 1.29 is 0 Å². The minimum atomic E-state index is -0.141. The molecule has 0 radical (unpaired) electrons. The van der Waals surface area contributed by atoms with Crippen LogP contribution in [0.15, 0.2) is 0 Å². The second-order valence-corrected chi connectivity index (χ2v) is 4.91. The van der Waals surface area contributed by atoms with E-state index in [-0.39, 0.29) is 5.54 Å². The zero-order valence-corrected chi connectivity index (χ0v) is 9.08. The molecule has 0 spiro atoms. The van der Waals surface area contributed by atoms with Crippen LogP contribution >= 0.6 is 0 Å². The Bertz CT molecular complexity index is 250. The monoisotopic (exact) mass is 193 g/mol. The van der Waals surface area contributed by atoms with Gasteiger partial charge in [0.15, 0.2) is 0 Å². The second-order valence-electron chi connectivity index (χ2n) is 4.91. The van der Waals surface area contributed by atoms with Crippen molar-refractivity contribution in [1.82, 2.24) is 10.2 Å². The maximum absolute atomic E-state index is 8.97. The standard InChI is InChI=1S/C11H19N3/c1-9(2)14-6-3-10(7-14)13-11(8-12)4-5-11/h9-10,13H,3-7H2,1-2H3/t10-/m0/s1. The predicted octanol–water partition coefficient (Wildman–Crippen LogP) is 1.11. The summed E-state index contributed by atoms with van der Waals surface area (Å²) in [5, 5.41) is 12.5. The van der Waals surface area contributed by atoms with Crippen LogP contribution in [0.3, 0.4) is 0 Å². The molecular formula is C11H19N3. The average Bonchev–Trinajstić information content (AvgIpc) is 2.75. The van der Waals surface area contributed by atoms with E-state index in [0.29, 0.717) is 12.1 Å². The first kappa shape index (κ1) is 9.95. The highest BCUT2D eigenvalue weighted by Gasteiger charge is 2.45. The number of hydrogen-bond acceptors (Lipinski definition) is 3. The highest BCUT2D eigenvalue weighted by atomic mass is 15.2. The van der Waals surface area contributed by atoms with Crippen LogP contribution in [-0.2, 0) is 0 Å². The summed E-state index contributed by atoms with van der Waals surface area (Å²) in [6, 6.07) is 3.57. The number of nitriles is 1. The van der Waals surface area contributed by atoms with E-state index in [1.807, 2.05) is 0 Å². The zero-order valence-electron chi connectivity index (χ0n) is 9.08. The van der Waals surface area contributed by atoms with Gasteiger partial charge < -0.3 is 0 Å². The third-order valence-corrected chi connectivity index (χ3v) is 3.39. The lowest BCUT2D eigenvalue weighted by molar-refractivity contribution is 0.266. The van der Waals surface area contributed by atoms with Crippen LogP contribution in [0.4, 0.5) is 0 Å². The largest absolute Gasteiger partial charge is 0.299 e. The summed E-state index contributed by atoms with van der Waals surface area (Å²) in [6.07, 6.45) is 3.28. The van der Waals surface area contributed by atoms with Gasteiger partial charge in [0.25, 0.3) is 0 Å². The lowest BCUT2D eigenvalue weighted by atomic mass is 10.2. The van der Waals surface area contributed by atoms with Crippen LogP contribution in [0.5, 0.6) is 0 Å². The number of nitrogens with zero attached hydrogens (tertiary/aromatic N) is 2. The van der Waals surface area contributed by atoms with E-state index in [2.05, 4.69) is 30.1 Å². The lowest BCUT2D eigenvalue weighted by Gasteiger charge is -2.21. The molecule has 1 atom stereocenters. The molecule has 1 heterocycles. The molecule has 0 aromatic carbocycles. The number of hydrogen-bond donors (Lipinski definition) is 1. The van der Waals surface area contributed by atoms with Crippen LogP contribution in [-0.4, -0.2) is 35.6 Å². The Morgan fingerprint density at radius 1 is 1.50 bits per heavy atom. The molecule has 0 aromatic rings. The molecule has 0 unspecified atom stereocenters. The van der Waals surface area contributed by atoms with Crippen LogP contribution in [0.25, 0.3) is 0 Å². The van der Waals surface area contributed by atoms with Gasteiger partial charge in [-0.25, -0.2) is 0 Å². The minimum absolute atomic E-state index is 0.141. The average molecular weight is 193 g/mol. The molecule has 2 aliphatic rings. The lowest BCUT2D eigenvalue weighted by Crippen LogP contribution is -2.41. The van der Waals surface area contributed by atoms with Crippen LogP contribution in [0, 0.1) is 11.3 Å². The second kappa shape index (κ2) is 3.52. The molecule has 3 heteroatoms. The molecule has 14 heavy (non-hydrogen) atoms. The molecule has 0 aromatic heterocycles. The van der Waals surface area contributed by atoms with Gasteiger partial charge in [0.05, 0.1) is 6.07 Å². The first-order valence-corrected chi connectivity index (χ1v) is 5.58. The molecule has 3 nitrogen and oxygen atoms in total. The van der Waals surface area contributed by atoms with Crippen LogP contribution < -0.4 is 5.32 Å². The number of rotatable bonds is 3. The maximum Gasteiger partial charge on any atom is 0.107 e. The van der Waals surface area contributed by atoms with Gasteiger partial charge in [-0.15, -0.1) is 0 Å². The van der Waals surface area contributed by atoms with Crippen LogP contribution in [0.2, 0.25) is 0 Å². The molecule has 1 aliphatic heterocycles. The summed E-state index contributed by atoms with van der Waals surface area (Å²) in [5.74, 6) is 0. The minimum Gasteiger partial charge on any atom is -0.299 e. The van der Waals surface area contributed by atoms with Gasteiger partial charge in [0.2, 0.25) is 0 Å². The molecule has 0 bridgehead atoms. The SMILES string of the molecule is CC(C)N1CC[C@H](NC2(C#N)CC2)C1. The zero-order chi connectivity index (χ0) is 10.2. The summed E-state index contributed by atoms with van der Waals surface area (Å²) >= 11 is 0. The van der Waals surface area contributed by atoms with Crippen molar-refractivity contribution in [3.05, 3.63) is 0 Å². The Labute approximate surface area is 86.1 Å². The van der Waals surface area contributed by atoms with Crippen molar-refractivity contribution >= 4 is 0 Å². The fraction of sp³-hybridized carbons (Fsp3) is 0.909. The van der Waals surface area contributed by atoms with Gasteiger partial charge >= 0.3 is 0 Å². The van der Waals surface area contributed by atoms with Crippen molar-refractivity contribution in [3.63, 3.8) is 0 Å². The van der Waals surface area contributed by atoms with E-state index in [1.54, 1.807) is 0 Å². The molecular weight excluding hydrogens is 174 g/mol. The van der Waals surface area contributed by atoms with E-state index in [0.717, 1.165) is 19.4 Å². The van der Waals surface area contributed by atoms with Gasteiger partial charge in [-0.1, -0.05) is 0 Å². The van der Waals surface area contributed by atoms with Gasteiger partial charge in [0, 0.05) is 18.6 Å². The van der Waals surface area contributed by atoms with Gasteiger partial charge in [-0.3, -0.25) is 10.2 Å². The molecule has 78 valence electrons. The van der Waals surface area contributed by atoms with E-state index < -0.39 is 0 Å². The summed E-state index contributed by atoms with van der Waals surface area (Å²) in [6.45, 7) is 6.76. The fourth-order valence-electron chi connectivity index (χ4n) is 2.18. The smallest absolute Gasteiger partial charge is 0.107 e. The third kappa shape index (κ3) is 1.92. The Morgan fingerprint density at radius 3 is 2.64 bits per heavy atom. The predicted molar refractivity (Wildman–Crippen MR) is 55.8 cm³/mol. The Hall–Kier alpha value is -0.590. The van der Waals surface area contributed by atoms with Crippen molar-refractivity contribution in [1.29, 1.82) is 5.26 Å². The quantitative estimate of drug-likeness (QED) is 0.730. The molecule has 2 fully saturated rings. The Morgan fingerprint density at radius 2 is 2.21 bits per heavy atom. The summed E-state index contributed by atoms with van der Waals surface area (Å²) < 4.78 is 0. The van der Waals surface area contributed by atoms with E-state index in [1.165, 1.54) is 13.0 Å². The third-order valence-electron chi connectivity index (χ3n) is 3.39. The summed E-state index contributed by atoms with van der Waals surface area (Å²) in [7, 11) is 0. The van der Waals surface area contributed by atoms with Gasteiger partial charge in [-0.2, -0.15) is 5.26 Å².